The monoisotopic (exact) mass is 660 g/mol. The maximum absolute atomic E-state index is 14.7. The van der Waals surface area contributed by atoms with Gasteiger partial charge in [-0.1, -0.05) is 29.4 Å². The lowest BCUT2D eigenvalue weighted by Gasteiger charge is -2.27. The number of benzene rings is 2. The molecule has 0 radical (unpaired) electrons. The molecule has 2 N–H and O–H groups in total. The summed E-state index contributed by atoms with van der Waals surface area (Å²) in [5.74, 6) is 5.80. The second kappa shape index (κ2) is 13.8. The fraction of sp³-hybridized carbons (Fsp3) is 0.303. The van der Waals surface area contributed by atoms with E-state index in [9.17, 15) is 14.3 Å². The van der Waals surface area contributed by atoms with E-state index in [4.69, 9.17) is 4.74 Å². The van der Waals surface area contributed by atoms with Crippen LogP contribution in [-0.4, -0.2) is 76.6 Å². The molecule has 1 unspecified atom stereocenters. The average Bonchev–Trinajstić information content (AvgIpc) is 3.63. The first-order valence-electron chi connectivity index (χ1n) is 14.6. The normalized spacial score (nSPS) is 12.0. The van der Waals surface area contributed by atoms with Gasteiger partial charge in [0.05, 0.1) is 38.0 Å². The Balaban J connectivity index is 1.20. The molecule has 0 amide bonds. The summed E-state index contributed by atoms with van der Waals surface area (Å²) in [6.45, 7) is 4.14. The topological polar surface area (TPSA) is 113 Å². The smallest absolute Gasteiger partial charge is 0.355 e. The Morgan fingerprint density at radius 1 is 1.13 bits per heavy atom. The van der Waals surface area contributed by atoms with E-state index in [-0.39, 0.29) is 24.1 Å². The highest BCUT2D eigenvalue weighted by molar-refractivity contribution is 7.22. The third kappa shape index (κ3) is 7.77. The molecule has 0 aliphatic heterocycles. The van der Waals surface area contributed by atoms with Crippen LogP contribution in [0, 0.1) is 24.6 Å². The lowest BCUT2D eigenvalue weighted by molar-refractivity contribution is -0.885. The van der Waals surface area contributed by atoms with E-state index in [1.807, 2.05) is 44.2 Å². The largest absolute Gasteiger partial charge is 0.491 e. The van der Waals surface area contributed by atoms with Crippen molar-refractivity contribution in [1.29, 1.82) is 0 Å². The first-order chi connectivity index (χ1) is 21.9. The van der Waals surface area contributed by atoms with Crippen molar-refractivity contribution in [2.24, 2.45) is 0 Å². The molecule has 0 bridgehead atoms. The third-order valence-electron chi connectivity index (χ3n) is 7.33. The number of aromatic nitrogens is 4. The number of aromatic carboxylic acids is 1. The van der Waals surface area contributed by atoms with Crippen LogP contribution >= 0.6 is 22.7 Å². The van der Waals surface area contributed by atoms with Gasteiger partial charge in [0.25, 0.3) is 0 Å². The molecule has 1 atom stereocenters. The first-order valence-corrected chi connectivity index (χ1v) is 16.2. The van der Waals surface area contributed by atoms with Gasteiger partial charge in [-0.3, -0.25) is 0 Å². The molecule has 0 fully saturated rings. The number of ether oxygens (including phenoxy) is 1. The zero-order chi connectivity index (χ0) is 33.0. The number of rotatable bonds is 11. The van der Waals surface area contributed by atoms with Crippen molar-refractivity contribution in [3.05, 3.63) is 76.0 Å². The number of carboxylic acid groups (broad SMARTS) is 1. The van der Waals surface area contributed by atoms with Gasteiger partial charge in [0.2, 0.25) is 0 Å². The van der Waals surface area contributed by atoms with Crippen LogP contribution in [-0.2, 0) is 6.42 Å². The maximum Gasteiger partial charge on any atom is 0.355 e. The summed E-state index contributed by atoms with van der Waals surface area (Å²) in [6.07, 6.45) is 0.871. The summed E-state index contributed by atoms with van der Waals surface area (Å²) >= 11 is 2.79. The van der Waals surface area contributed by atoms with E-state index in [0.29, 0.717) is 49.7 Å². The number of quaternary nitrogens is 1. The van der Waals surface area contributed by atoms with Gasteiger partial charge in [-0.2, -0.15) is 0 Å². The molecule has 3 aromatic heterocycles. The van der Waals surface area contributed by atoms with E-state index in [0.717, 1.165) is 15.8 Å². The lowest BCUT2D eigenvalue weighted by atomic mass is 10.2. The van der Waals surface area contributed by atoms with Crippen LogP contribution in [0.1, 0.15) is 39.8 Å². The maximum atomic E-state index is 14.7. The SMILES string of the molecule is Cc1cc(N(C)c2nc(C(=O)O)c(CCCOc3ccc(C#CC(C)[N+](C)(C)C)cc3F)s2)nnc1Nc1nc2ccccc2s1. The minimum absolute atomic E-state index is 0.0251. The average molecular weight is 661 g/mol. The molecule has 0 aliphatic rings. The predicted octanol–water partition coefficient (Wildman–Crippen LogP) is 6.66. The van der Waals surface area contributed by atoms with E-state index in [1.165, 1.54) is 28.7 Å². The number of aryl methyl sites for hydroxylation is 2. The Morgan fingerprint density at radius 3 is 2.61 bits per heavy atom. The van der Waals surface area contributed by atoms with Gasteiger partial charge in [0, 0.05) is 17.5 Å². The molecule has 0 saturated heterocycles. The van der Waals surface area contributed by atoms with Crippen molar-refractivity contribution in [3.8, 4) is 17.6 Å². The van der Waals surface area contributed by atoms with E-state index in [1.54, 1.807) is 24.1 Å². The number of thiazole rings is 2. The number of halogens is 1. The predicted molar refractivity (Wildman–Crippen MR) is 181 cm³/mol. The molecular weight excluding hydrogens is 626 g/mol. The van der Waals surface area contributed by atoms with Gasteiger partial charge < -0.3 is 24.5 Å². The summed E-state index contributed by atoms with van der Waals surface area (Å²) in [4.78, 5) is 23.3. The molecule has 0 saturated carbocycles. The molecule has 5 rings (SSSR count). The van der Waals surface area contributed by atoms with Gasteiger partial charge in [-0.05, 0) is 74.6 Å². The number of carbonyl (C=O) groups is 1. The molecule has 10 nitrogen and oxygen atoms in total. The van der Waals surface area contributed by atoms with Crippen molar-refractivity contribution in [3.63, 3.8) is 0 Å². The summed E-state index contributed by atoms with van der Waals surface area (Å²) in [7, 11) is 7.93. The van der Waals surface area contributed by atoms with Gasteiger partial charge in [0.15, 0.2) is 39.2 Å². The van der Waals surface area contributed by atoms with Gasteiger partial charge in [0.1, 0.15) is 6.04 Å². The molecule has 5 aromatic rings. The summed E-state index contributed by atoms with van der Waals surface area (Å²) in [5.41, 5.74) is 2.30. The summed E-state index contributed by atoms with van der Waals surface area (Å²) < 4.78 is 22.1. The van der Waals surface area contributed by atoms with E-state index >= 15 is 0 Å². The van der Waals surface area contributed by atoms with Crippen LogP contribution in [0.3, 0.4) is 0 Å². The van der Waals surface area contributed by atoms with Crippen molar-refractivity contribution >= 4 is 60.8 Å². The Hall–Kier alpha value is -4.64. The van der Waals surface area contributed by atoms with Crippen molar-refractivity contribution < 1.29 is 23.5 Å². The molecule has 3 heterocycles. The Morgan fingerprint density at radius 2 is 1.91 bits per heavy atom. The second-order valence-corrected chi connectivity index (χ2v) is 13.7. The van der Waals surface area contributed by atoms with Crippen LogP contribution in [0.2, 0.25) is 0 Å². The molecular formula is C33H35FN7O3S2+. The summed E-state index contributed by atoms with van der Waals surface area (Å²) in [5, 5.41) is 22.9. The highest BCUT2D eigenvalue weighted by Crippen LogP contribution is 2.33. The number of hydrogen-bond donors (Lipinski definition) is 2. The molecule has 13 heteroatoms. The number of hydrogen-bond acceptors (Lipinski definition) is 10. The van der Waals surface area contributed by atoms with Gasteiger partial charge in [-0.25, -0.2) is 19.2 Å². The quantitative estimate of drug-likeness (QED) is 0.0913. The fourth-order valence-corrected chi connectivity index (χ4v) is 6.12. The lowest BCUT2D eigenvalue weighted by Crippen LogP contribution is -2.42. The van der Waals surface area contributed by atoms with Crippen molar-refractivity contribution in [2.45, 2.75) is 32.7 Å². The molecule has 238 valence electrons. The van der Waals surface area contributed by atoms with Crippen LogP contribution in [0.4, 0.5) is 26.3 Å². The summed E-state index contributed by atoms with van der Waals surface area (Å²) in [6, 6.07) is 14.5. The number of nitrogens with one attached hydrogen (secondary N) is 1. The molecule has 46 heavy (non-hydrogen) atoms. The number of para-hydroxylation sites is 1. The molecule has 2 aromatic carbocycles. The minimum Gasteiger partial charge on any atom is -0.491 e. The number of carboxylic acids is 1. The highest BCUT2D eigenvalue weighted by Gasteiger charge is 2.21. The Kier molecular flexibility index (Phi) is 9.81. The molecule has 0 spiro atoms. The first kappa shape index (κ1) is 32.7. The van der Waals surface area contributed by atoms with Crippen molar-refractivity contribution in [1.82, 2.24) is 20.2 Å². The third-order valence-corrected chi connectivity index (χ3v) is 9.48. The standard InChI is InChI=1S/C33H34FN7O3S2/c1-20-18-28(38-39-30(20)37-32-35-24-10-7-8-11-26(24)45-32)40(3)33-36-29(31(42)43)27(46-33)12-9-17-44-25-16-15-22(19-23(25)34)14-13-21(2)41(4,5)6/h7-8,10-11,15-16,18-19,21H,9,12,17H2,1-6H3,(H-,35,37,39,42,43)/p+1. The zero-order valence-corrected chi connectivity index (χ0v) is 28.1. The van der Waals surface area contributed by atoms with Gasteiger partial charge in [-0.15, -0.1) is 21.5 Å². The number of anilines is 4. The van der Waals surface area contributed by atoms with Crippen LogP contribution in [0.15, 0.2) is 48.5 Å². The number of nitrogens with zero attached hydrogens (tertiary/aromatic N) is 6. The zero-order valence-electron chi connectivity index (χ0n) is 26.5. The van der Waals surface area contributed by atoms with Crippen LogP contribution in [0.5, 0.6) is 5.75 Å². The Bertz CT molecular complexity index is 1910. The number of fused-ring (bicyclic) bond motifs is 1. The fourth-order valence-electron chi connectivity index (χ4n) is 4.19. The molecule has 0 aliphatic carbocycles. The van der Waals surface area contributed by atoms with Crippen LogP contribution in [0.25, 0.3) is 10.2 Å². The second-order valence-electron chi connectivity index (χ2n) is 11.6. The Labute approximate surface area is 275 Å². The van der Waals surface area contributed by atoms with E-state index < -0.39 is 11.8 Å². The van der Waals surface area contributed by atoms with Crippen LogP contribution < -0.4 is 15.0 Å². The highest BCUT2D eigenvalue weighted by atomic mass is 32.1. The van der Waals surface area contributed by atoms with E-state index in [2.05, 4.69) is 58.5 Å². The van der Waals surface area contributed by atoms with Crippen molar-refractivity contribution in [2.75, 3.05) is 45.0 Å². The minimum atomic E-state index is -1.12. The van der Waals surface area contributed by atoms with Gasteiger partial charge >= 0.3 is 5.97 Å².